The summed E-state index contributed by atoms with van der Waals surface area (Å²) in [6, 6.07) is 2.80. The van der Waals surface area contributed by atoms with Crippen molar-refractivity contribution in [2.75, 3.05) is 0 Å². The lowest BCUT2D eigenvalue weighted by Gasteiger charge is -2.38. The molecular formula is C15H20N2O3. The lowest BCUT2D eigenvalue weighted by atomic mass is 9.73. The molecule has 0 saturated heterocycles. The van der Waals surface area contributed by atoms with Gasteiger partial charge in [-0.15, -0.1) is 0 Å². The van der Waals surface area contributed by atoms with Crippen LogP contribution in [0, 0.1) is 5.41 Å². The van der Waals surface area contributed by atoms with E-state index in [1.165, 1.54) is 24.8 Å². The second-order valence-electron chi connectivity index (χ2n) is 6.00. The van der Waals surface area contributed by atoms with E-state index in [9.17, 15) is 9.59 Å². The molecule has 108 valence electrons. The molecule has 0 bridgehead atoms. The first-order chi connectivity index (χ1) is 9.40. The zero-order valence-electron chi connectivity index (χ0n) is 11.8. The fourth-order valence-electron chi connectivity index (χ4n) is 2.68. The van der Waals surface area contributed by atoms with Crippen molar-refractivity contribution < 1.29 is 14.7 Å². The summed E-state index contributed by atoms with van der Waals surface area (Å²) in [6.45, 7) is 4.30. The molecule has 1 atom stereocenters. The summed E-state index contributed by atoms with van der Waals surface area (Å²) < 4.78 is 0. The van der Waals surface area contributed by atoms with E-state index in [1.54, 1.807) is 0 Å². The number of carbonyl (C=O) groups is 2. The van der Waals surface area contributed by atoms with Crippen molar-refractivity contribution in [1.82, 2.24) is 10.3 Å². The summed E-state index contributed by atoms with van der Waals surface area (Å²) in [5.74, 6) is -1.35. The van der Waals surface area contributed by atoms with Crippen molar-refractivity contribution in [3.63, 3.8) is 0 Å². The molecule has 0 aliphatic heterocycles. The fraction of sp³-hybridized carbons (Fsp3) is 0.533. The first-order valence-corrected chi connectivity index (χ1v) is 6.90. The molecule has 1 amide bonds. The van der Waals surface area contributed by atoms with Gasteiger partial charge in [-0.05, 0) is 30.4 Å². The zero-order chi connectivity index (χ0) is 14.8. The number of rotatable bonds is 3. The summed E-state index contributed by atoms with van der Waals surface area (Å²) >= 11 is 0. The molecule has 1 aromatic heterocycles. The smallest absolute Gasteiger partial charge is 0.335 e. The number of amides is 1. The molecular weight excluding hydrogens is 256 g/mol. The predicted octanol–water partition coefficient (Wildman–Crippen LogP) is 2.48. The first kappa shape index (κ1) is 14.5. The van der Waals surface area contributed by atoms with E-state index >= 15 is 0 Å². The van der Waals surface area contributed by atoms with Crippen LogP contribution in [0.3, 0.4) is 0 Å². The van der Waals surface area contributed by atoms with Gasteiger partial charge in [0.1, 0.15) is 5.69 Å². The van der Waals surface area contributed by atoms with Gasteiger partial charge in [0, 0.05) is 12.2 Å². The Morgan fingerprint density at radius 1 is 1.40 bits per heavy atom. The van der Waals surface area contributed by atoms with E-state index < -0.39 is 5.97 Å². The van der Waals surface area contributed by atoms with Gasteiger partial charge in [-0.2, -0.15) is 0 Å². The average molecular weight is 276 g/mol. The highest BCUT2D eigenvalue weighted by Gasteiger charge is 2.33. The van der Waals surface area contributed by atoms with Crippen LogP contribution < -0.4 is 5.32 Å². The summed E-state index contributed by atoms with van der Waals surface area (Å²) in [5, 5.41) is 11.9. The van der Waals surface area contributed by atoms with E-state index in [0.717, 1.165) is 19.3 Å². The zero-order valence-corrected chi connectivity index (χ0v) is 11.8. The number of aromatic nitrogens is 1. The highest BCUT2D eigenvalue weighted by atomic mass is 16.4. The van der Waals surface area contributed by atoms with Gasteiger partial charge in [-0.3, -0.25) is 9.78 Å². The molecule has 0 aromatic carbocycles. The SMILES string of the molecule is CC1(C)CCCCC1NC(=O)c1cc(C(=O)O)ccn1. The second-order valence-corrected chi connectivity index (χ2v) is 6.00. The Kier molecular flexibility index (Phi) is 4.06. The number of nitrogens with one attached hydrogen (secondary N) is 1. The standard InChI is InChI=1S/C15H20N2O3/c1-15(2)7-4-3-5-12(15)17-13(18)11-9-10(14(19)20)6-8-16-11/h6,8-9,12H,3-5,7H2,1-2H3,(H,17,18)(H,19,20). The largest absolute Gasteiger partial charge is 0.478 e. The minimum absolute atomic E-state index is 0.0678. The molecule has 1 aromatic rings. The number of carboxylic acid groups (broad SMARTS) is 1. The van der Waals surface area contributed by atoms with Crippen LogP contribution in [0.15, 0.2) is 18.3 Å². The number of pyridine rings is 1. The molecule has 5 heteroatoms. The predicted molar refractivity (Wildman–Crippen MR) is 74.7 cm³/mol. The van der Waals surface area contributed by atoms with Gasteiger partial charge in [-0.25, -0.2) is 4.79 Å². The molecule has 1 aliphatic rings. The van der Waals surface area contributed by atoms with Crippen LogP contribution in [0.5, 0.6) is 0 Å². The lowest BCUT2D eigenvalue weighted by Crippen LogP contribution is -2.47. The summed E-state index contributed by atoms with van der Waals surface area (Å²) in [7, 11) is 0. The van der Waals surface area contributed by atoms with Crippen LogP contribution in [0.25, 0.3) is 0 Å². The highest BCUT2D eigenvalue weighted by molar-refractivity contribution is 5.95. The van der Waals surface area contributed by atoms with Gasteiger partial charge in [-0.1, -0.05) is 26.7 Å². The molecule has 2 rings (SSSR count). The van der Waals surface area contributed by atoms with Crippen molar-refractivity contribution in [2.24, 2.45) is 5.41 Å². The van der Waals surface area contributed by atoms with Crippen LogP contribution in [-0.2, 0) is 0 Å². The molecule has 20 heavy (non-hydrogen) atoms. The molecule has 1 fully saturated rings. The number of nitrogens with zero attached hydrogens (tertiary/aromatic N) is 1. The van der Waals surface area contributed by atoms with Crippen molar-refractivity contribution in [3.05, 3.63) is 29.6 Å². The number of carboxylic acids is 1. The third-order valence-electron chi connectivity index (χ3n) is 4.05. The topological polar surface area (TPSA) is 79.3 Å². The van der Waals surface area contributed by atoms with Crippen molar-refractivity contribution in [3.8, 4) is 0 Å². The minimum atomic E-state index is -1.06. The van der Waals surface area contributed by atoms with E-state index in [2.05, 4.69) is 24.1 Å². The van der Waals surface area contributed by atoms with Crippen LogP contribution in [0.1, 0.15) is 60.4 Å². The van der Waals surface area contributed by atoms with Gasteiger partial charge in [0.25, 0.3) is 5.91 Å². The van der Waals surface area contributed by atoms with E-state index in [-0.39, 0.29) is 28.6 Å². The van der Waals surface area contributed by atoms with Crippen molar-refractivity contribution in [2.45, 2.75) is 45.6 Å². The average Bonchev–Trinajstić information content (AvgIpc) is 2.41. The molecule has 0 radical (unpaired) electrons. The van der Waals surface area contributed by atoms with Gasteiger partial charge in [0.05, 0.1) is 5.56 Å². The van der Waals surface area contributed by atoms with Gasteiger partial charge in [0.15, 0.2) is 0 Å². The highest BCUT2D eigenvalue weighted by Crippen LogP contribution is 2.35. The Morgan fingerprint density at radius 3 is 2.80 bits per heavy atom. The minimum Gasteiger partial charge on any atom is -0.478 e. The number of carbonyl (C=O) groups excluding carboxylic acids is 1. The Morgan fingerprint density at radius 2 is 2.15 bits per heavy atom. The van der Waals surface area contributed by atoms with Crippen LogP contribution >= 0.6 is 0 Å². The van der Waals surface area contributed by atoms with Gasteiger partial charge in [0.2, 0.25) is 0 Å². The van der Waals surface area contributed by atoms with Crippen molar-refractivity contribution in [1.29, 1.82) is 0 Å². The summed E-state index contributed by atoms with van der Waals surface area (Å²) in [5.41, 5.74) is 0.303. The van der Waals surface area contributed by atoms with Gasteiger partial charge < -0.3 is 10.4 Å². The number of hydrogen-bond donors (Lipinski definition) is 2. The number of hydrogen-bond acceptors (Lipinski definition) is 3. The Balaban J connectivity index is 2.12. The Hall–Kier alpha value is -1.91. The van der Waals surface area contributed by atoms with E-state index in [1.807, 2.05) is 0 Å². The van der Waals surface area contributed by atoms with Crippen LogP contribution in [0.2, 0.25) is 0 Å². The molecule has 1 unspecified atom stereocenters. The van der Waals surface area contributed by atoms with Gasteiger partial charge >= 0.3 is 5.97 Å². The molecule has 2 N–H and O–H groups in total. The molecule has 1 saturated carbocycles. The monoisotopic (exact) mass is 276 g/mol. The quantitative estimate of drug-likeness (QED) is 0.889. The molecule has 1 heterocycles. The second kappa shape index (κ2) is 5.61. The molecule has 1 aliphatic carbocycles. The maximum Gasteiger partial charge on any atom is 0.335 e. The first-order valence-electron chi connectivity index (χ1n) is 6.90. The normalized spacial score (nSPS) is 21.2. The van der Waals surface area contributed by atoms with Crippen LogP contribution in [-0.4, -0.2) is 28.0 Å². The Bertz CT molecular complexity index is 526. The summed E-state index contributed by atoms with van der Waals surface area (Å²) in [4.78, 5) is 27.1. The molecule has 5 nitrogen and oxygen atoms in total. The Labute approximate surface area is 118 Å². The van der Waals surface area contributed by atoms with Crippen molar-refractivity contribution >= 4 is 11.9 Å². The third-order valence-corrected chi connectivity index (χ3v) is 4.05. The number of aromatic carboxylic acids is 1. The lowest BCUT2D eigenvalue weighted by molar-refractivity contribution is 0.0696. The maximum atomic E-state index is 12.2. The van der Waals surface area contributed by atoms with E-state index in [4.69, 9.17) is 5.11 Å². The van der Waals surface area contributed by atoms with E-state index in [0.29, 0.717) is 0 Å². The van der Waals surface area contributed by atoms with Crippen LogP contribution in [0.4, 0.5) is 0 Å². The fourth-order valence-corrected chi connectivity index (χ4v) is 2.68. The summed E-state index contributed by atoms with van der Waals surface area (Å²) in [6.07, 6.45) is 5.69. The third kappa shape index (κ3) is 3.15. The molecule has 0 spiro atoms. The maximum absolute atomic E-state index is 12.2.